The van der Waals surface area contributed by atoms with Crippen molar-refractivity contribution >= 4 is 43.6 Å². The van der Waals surface area contributed by atoms with E-state index < -0.39 is 0 Å². The van der Waals surface area contributed by atoms with Crippen LogP contribution in [0.5, 0.6) is 0 Å². The fraction of sp³-hybridized carbons (Fsp3) is 0.385. The summed E-state index contributed by atoms with van der Waals surface area (Å²) in [5, 5.41) is 0.515. The Morgan fingerprint density at radius 2 is 2.06 bits per heavy atom. The third-order valence-corrected chi connectivity index (χ3v) is 3.41. The zero-order valence-electron chi connectivity index (χ0n) is 10.2. The summed E-state index contributed by atoms with van der Waals surface area (Å²) in [6.07, 6.45) is 0. The quantitative estimate of drug-likeness (QED) is 0.446. The lowest BCUT2D eigenvalue weighted by atomic mass is 10.0. The van der Waals surface area contributed by atoms with Crippen LogP contribution in [0.2, 0.25) is 0 Å². The number of hydrogen-bond donors (Lipinski definition) is 0. The van der Waals surface area contributed by atoms with Gasteiger partial charge in [-0.2, -0.15) is 0 Å². The maximum absolute atomic E-state index is 11.9. The van der Waals surface area contributed by atoms with E-state index in [0.717, 1.165) is 5.56 Å². The van der Waals surface area contributed by atoms with E-state index in [4.69, 9.17) is 4.74 Å². The van der Waals surface area contributed by atoms with Gasteiger partial charge in [-0.25, -0.2) is 4.79 Å². The van der Waals surface area contributed by atoms with Crippen LogP contribution in [0.25, 0.3) is 0 Å². The van der Waals surface area contributed by atoms with Crippen LogP contribution in [-0.4, -0.2) is 23.2 Å². The van der Waals surface area contributed by atoms with Crippen LogP contribution in [0.3, 0.4) is 0 Å². The van der Waals surface area contributed by atoms with Crippen LogP contribution >= 0.6 is 31.9 Å². The van der Waals surface area contributed by atoms with E-state index in [0.29, 0.717) is 23.1 Å². The van der Waals surface area contributed by atoms with Crippen molar-refractivity contribution in [2.24, 2.45) is 0 Å². The van der Waals surface area contributed by atoms with Crippen molar-refractivity contribution < 1.29 is 14.3 Å². The van der Waals surface area contributed by atoms with Crippen molar-refractivity contribution in [1.82, 2.24) is 0 Å². The highest BCUT2D eigenvalue weighted by Gasteiger charge is 2.17. The van der Waals surface area contributed by atoms with Gasteiger partial charge in [0.05, 0.1) is 17.0 Å². The van der Waals surface area contributed by atoms with E-state index in [1.807, 2.05) is 0 Å². The van der Waals surface area contributed by atoms with Crippen molar-refractivity contribution in [3.05, 3.63) is 34.9 Å². The lowest BCUT2D eigenvalue weighted by molar-refractivity contribution is 0.0526. The van der Waals surface area contributed by atoms with Crippen LogP contribution < -0.4 is 0 Å². The zero-order chi connectivity index (χ0) is 13.7. The SMILES string of the molecule is CCOC(=O)c1ccc(C(=O)C(C)Br)c(CBr)c1. The van der Waals surface area contributed by atoms with Crippen molar-refractivity contribution in [3.63, 3.8) is 0 Å². The number of carbonyl (C=O) groups is 2. The number of halogens is 2. The topological polar surface area (TPSA) is 43.4 Å². The van der Waals surface area contributed by atoms with Gasteiger partial charge in [-0.1, -0.05) is 37.9 Å². The standard InChI is InChI=1S/C13H14Br2O3/c1-3-18-13(17)9-4-5-11(10(6-9)7-14)12(16)8(2)15/h4-6,8H,3,7H2,1-2H3. The number of hydrogen-bond acceptors (Lipinski definition) is 3. The van der Waals surface area contributed by atoms with Gasteiger partial charge in [-0.15, -0.1) is 0 Å². The van der Waals surface area contributed by atoms with Gasteiger partial charge < -0.3 is 4.74 Å². The van der Waals surface area contributed by atoms with Gasteiger partial charge in [0.1, 0.15) is 0 Å². The predicted octanol–water partition coefficient (Wildman–Crippen LogP) is 3.72. The Morgan fingerprint density at radius 1 is 1.39 bits per heavy atom. The number of esters is 1. The van der Waals surface area contributed by atoms with E-state index in [9.17, 15) is 9.59 Å². The average molecular weight is 378 g/mol. The van der Waals surface area contributed by atoms with Gasteiger partial charge in [0, 0.05) is 10.9 Å². The molecule has 1 rings (SSSR count). The molecule has 0 aliphatic carbocycles. The third-order valence-electron chi connectivity index (χ3n) is 2.39. The first-order valence-corrected chi connectivity index (χ1v) is 7.59. The number of alkyl halides is 2. The molecule has 0 spiro atoms. The van der Waals surface area contributed by atoms with Gasteiger partial charge in [0.15, 0.2) is 5.78 Å². The molecule has 1 unspecified atom stereocenters. The summed E-state index contributed by atoms with van der Waals surface area (Å²) in [5.74, 6) is -0.370. The maximum atomic E-state index is 11.9. The second-order valence-electron chi connectivity index (χ2n) is 3.71. The normalized spacial score (nSPS) is 12.0. The summed E-state index contributed by atoms with van der Waals surface area (Å²) in [5.41, 5.74) is 1.87. The minimum atomic E-state index is -0.370. The van der Waals surface area contributed by atoms with E-state index in [1.165, 1.54) is 0 Å². The summed E-state index contributed by atoms with van der Waals surface area (Å²) in [6.45, 7) is 3.87. The fourth-order valence-corrected chi connectivity index (χ4v) is 2.21. The fourth-order valence-electron chi connectivity index (χ4n) is 1.50. The number of carbonyl (C=O) groups excluding carboxylic acids is 2. The highest BCUT2D eigenvalue weighted by atomic mass is 79.9. The molecule has 1 aromatic rings. The average Bonchev–Trinajstić information content (AvgIpc) is 2.37. The molecule has 5 heteroatoms. The van der Waals surface area contributed by atoms with Crippen LogP contribution in [-0.2, 0) is 10.1 Å². The van der Waals surface area contributed by atoms with E-state index in [2.05, 4.69) is 31.9 Å². The Hall–Kier alpha value is -0.680. The van der Waals surface area contributed by atoms with Gasteiger partial charge in [0.25, 0.3) is 0 Å². The highest BCUT2D eigenvalue weighted by Crippen LogP contribution is 2.20. The molecule has 1 atom stereocenters. The molecule has 0 aliphatic heterocycles. The largest absolute Gasteiger partial charge is 0.462 e. The summed E-state index contributed by atoms with van der Waals surface area (Å²) in [4.78, 5) is 23.3. The molecule has 0 bridgehead atoms. The number of ether oxygens (including phenoxy) is 1. The molecular weight excluding hydrogens is 364 g/mol. The maximum Gasteiger partial charge on any atom is 0.338 e. The van der Waals surface area contributed by atoms with Gasteiger partial charge in [0.2, 0.25) is 0 Å². The Morgan fingerprint density at radius 3 is 2.56 bits per heavy atom. The van der Waals surface area contributed by atoms with E-state index in [-0.39, 0.29) is 16.6 Å². The molecule has 0 aromatic heterocycles. The highest BCUT2D eigenvalue weighted by molar-refractivity contribution is 9.10. The first-order valence-electron chi connectivity index (χ1n) is 5.55. The Kier molecular flexibility index (Phi) is 6.02. The number of Topliss-reactive ketones (excluding diaryl/α,β-unsaturated/α-hetero) is 1. The summed E-state index contributed by atoms with van der Waals surface area (Å²) in [6, 6.07) is 4.98. The number of benzene rings is 1. The van der Waals surface area contributed by atoms with Crippen LogP contribution in [0.4, 0.5) is 0 Å². The van der Waals surface area contributed by atoms with Crippen molar-refractivity contribution in [1.29, 1.82) is 0 Å². The van der Waals surface area contributed by atoms with Crippen LogP contribution in [0.15, 0.2) is 18.2 Å². The lowest BCUT2D eigenvalue weighted by Gasteiger charge is -2.10. The predicted molar refractivity (Wildman–Crippen MR) is 77.7 cm³/mol. The van der Waals surface area contributed by atoms with Crippen LogP contribution in [0.1, 0.15) is 40.1 Å². The smallest absolute Gasteiger partial charge is 0.338 e. The van der Waals surface area contributed by atoms with Crippen molar-refractivity contribution in [2.75, 3.05) is 6.61 Å². The first kappa shape index (κ1) is 15.4. The second kappa shape index (κ2) is 7.04. The van der Waals surface area contributed by atoms with E-state index in [1.54, 1.807) is 32.0 Å². The molecule has 98 valence electrons. The summed E-state index contributed by atoms with van der Waals surface area (Å²) < 4.78 is 4.93. The van der Waals surface area contributed by atoms with Gasteiger partial charge in [-0.3, -0.25) is 4.79 Å². The Labute approximate surface area is 123 Å². The minimum absolute atomic E-state index is 0.000131. The molecule has 0 heterocycles. The number of ketones is 1. The van der Waals surface area contributed by atoms with Gasteiger partial charge >= 0.3 is 5.97 Å². The second-order valence-corrected chi connectivity index (χ2v) is 5.64. The summed E-state index contributed by atoms with van der Waals surface area (Å²) in [7, 11) is 0. The third kappa shape index (κ3) is 3.65. The monoisotopic (exact) mass is 376 g/mol. The molecule has 0 aliphatic rings. The minimum Gasteiger partial charge on any atom is -0.462 e. The number of rotatable bonds is 5. The molecule has 0 radical (unpaired) electrons. The Balaban J connectivity index is 3.11. The summed E-state index contributed by atoms with van der Waals surface area (Å²) >= 11 is 6.58. The van der Waals surface area contributed by atoms with E-state index >= 15 is 0 Å². The molecule has 1 aromatic carbocycles. The first-order chi connectivity index (χ1) is 8.51. The lowest BCUT2D eigenvalue weighted by Crippen LogP contribution is -2.13. The molecule has 0 amide bonds. The molecule has 18 heavy (non-hydrogen) atoms. The molecule has 0 fully saturated rings. The molecule has 0 N–H and O–H groups in total. The Bertz CT molecular complexity index is 456. The molecule has 0 saturated carbocycles. The molecular formula is C13H14Br2O3. The zero-order valence-corrected chi connectivity index (χ0v) is 13.4. The van der Waals surface area contributed by atoms with Crippen molar-refractivity contribution in [3.8, 4) is 0 Å². The van der Waals surface area contributed by atoms with Crippen molar-refractivity contribution in [2.45, 2.75) is 24.0 Å². The molecule has 3 nitrogen and oxygen atoms in total. The van der Waals surface area contributed by atoms with Crippen LogP contribution in [0, 0.1) is 0 Å². The van der Waals surface area contributed by atoms with Gasteiger partial charge in [-0.05, 0) is 31.5 Å². The molecule has 0 saturated heterocycles.